The summed E-state index contributed by atoms with van der Waals surface area (Å²) in [5.41, 5.74) is 1.17. The monoisotopic (exact) mass is 487 g/mol. The SMILES string of the molecule is CO[C@@H]1CN(C)C(=O)c2ccc(NC(=O)C3CC3)cc2OC[C@H](C)N(CC2CCOCC2)C[C@H]1C. The lowest BCUT2D eigenvalue weighted by atomic mass is 9.96. The normalized spacial score (nSPS) is 27.4. The van der Waals surface area contributed by atoms with Gasteiger partial charge in [-0.05, 0) is 56.6 Å². The first kappa shape index (κ1) is 25.9. The molecule has 1 N–H and O–H groups in total. The lowest BCUT2D eigenvalue weighted by molar-refractivity contribution is -0.117. The van der Waals surface area contributed by atoms with Gasteiger partial charge in [-0.3, -0.25) is 14.5 Å². The van der Waals surface area contributed by atoms with Crippen LogP contribution in [0.1, 0.15) is 49.9 Å². The summed E-state index contributed by atoms with van der Waals surface area (Å²) in [6.07, 6.45) is 3.97. The Morgan fingerprint density at radius 2 is 1.89 bits per heavy atom. The number of carbonyl (C=O) groups excluding carboxylic acids is 2. The first-order chi connectivity index (χ1) is 16.9. The average Bonchev–Trinajstić information content (AvgIpc) is 3.71. The van der Waals surface area contributed by atoms with Crippen molar-refractivity contribution in [3.05, 3.63) is 23.8 Å². The minimum atomic E-state index is -0.110. The van der Waals surface area contributed by atoms with E-state index in [1.807, 2.05) is 7.05 Å². The molecule has 2 aliphatic heterocycles. The molecule has 8 heteroatoms. The van der Waals surface area contributed by atoms with E-state index in [2.05, 4.69) is 24.1 Å². The molecule has 35 heavy (non-hydrogen) atoms. The molecule has 1 aliphatic carbocycles. The second-order valence-electron chi connectivity index (χ2n) is 10.6. The molecule has 1 saturated heterocycles. The Morgan fingerprint density at radius 1 is 1.14 bits per heavy atom. The Labute approximate surface area is 209 Å². The quantitative estimate of drug-likeness (QED) is 0.687. The number of likely N-dealkylation sites (N-methyl/N-ethyl adjacent to an activating group) is 1. The van der Waals surface area contributed by atoms with Crippen LogP contribution in [0.5, 0.6) is 5.75 Å². The van der Waals surface area contributed by atoms with Crippen molar-refractivity contribution in [2.24, 2.45) is 17.8 Å². The number of methoxy groups -OCH3 is 1. The van der Waals surface area contributed by atoms with Crippen molar-refractivity contribution in [3.8, 4) is 5.75 Å². The van der Waals surface area contributed by atoms with Crippen LogP contribution in [-0.2, 0) is 14.3 Å². The zero-order valence-electron chi connectivity index (χ0n) is 21.6. The van der Waals surface area contributed by atoms with E-state index in [0.29, 0.717) is 36.1 Å². The fraction of sp³-hybridized carbons (Fsp3) is 0.704. The third-order valence-corrected chi connectivity index (χ3v) is 7.63. The molecule has 0 unspecified atom stereocenters. The Bertz CT molecular complexity index is 884. The van der Waals surface area contributed by atoms with Gasteiger partial charge < -0.3 is 24.4 Å². The van der Waals surface area contributed by atoms with Crippen molar-refractivity contribution >= 4 is 17.5 Å². The number of nitrogens with zero attached hydrogens (tertiary/aromatic N) is 2. The number of anilines is 1. The van der Waals surface area contributed by atoms with Crippen molar-refractivity contribution < 1.29 is 23.8 Å². The maximum Gasteiger partial charge on any atom is 0.257 e. The van der Waals surface area contributed by atoms with Gasteiger partial charge in [-0.15, -0.1) is 0 Å². The second-order valence-corrected chi connectivity index (χ2v) is 10.6. The van der Waals surface area contributed by atoms with Gasteiger partial charge in [0.15, 0.2) is 0 Å². The minimum absolute atomic E-state index is 0.0366. The molecule has 0 bridgehead atoms. The number of nitrogens with one attached hydrogen (secondary N) is 1. The highest BCUT2D eigenvalue weighted by Crippen LogP contribution is 2.32. The van der Waals surface area contributed by atoms with Crippen molar-refractivity contribution in [2.75, 3.05) is 58.9 Å². The van der Waals surface area contributed by atoms with E-state index in [1.54, 1.807) is 30.2 Å². The number of hydrogen-bond donors (Lipinski definition) is 1. The van der Waals surface area contributed by atoms with Crippen LogP contribution in [0.25, 0.3) is 0 Å². The Kier molecular flexibility index (Phi) is 8.68. The van der Waals surface area contributed by atoms with Gasteiger partial charge in [0.05, 0.1) is 11.7 Å². The first-order valence-electron chi connectivity index (χ1n) is 13.0. The summed E-state index contributed by atoms with van der Waals surface area (Å²) in [4.78, 5) is 29.9. The van der Waals surface area contributed by atoms with Crippen LogP contribution in [0.15, 0.2) is 18.2 Å². The standard InChI is InChI=1S/C27H41N3O5/c1-18-14-30(15-20-9-11-34-12-10-20)19(2)17-35-24-13-22(28-26(31)21-5-6-21)7-8-23(24)27(32)29(3)16-25(18)33-4/h7-8,13,18-21,25H,5-6,9-12,14-17H2,1-4H3,(H,28,31)/t18-,19+,25-/m1/s1. The smallest absolute Gasteiger partial charge is 0.257 e. The summed E-state index contributed by atoms with van der Waals surface area (Å²) in [5, 5.41) is 2.98. The second kappa shape index (κ2) is 11.7. The summed E-state index contributed by atoms with van der Waals surface area (Å²) >= 11 is 0. The van der Waals surface area contributed by atoms with Gasteiger partial charge in [0.1, 0.15) is 12.4 Å². The van der Waals surface area contributed by atoms with Crippen molar-refractivity contribution in [1.82, 2.24) is 9.80 Å². The Morgan fingerprint density at radius 3 is 2.57 bits per heavy atom. The molecule has 1 saturated carbocycles. The molecule has 8 nitrogen and oxygen atoms in total. The molecule has 0 aromatic heterocycles. The van der Waals surface area contributed by atoms with E-state index in [-0.39, 0.29) is 35.8 Å². The van der Waals surface area contributed by atoms with E-state index >= 15 is 0 Å². The molecule has 2 heterocycles. The lowest BCUT2D eigenvalue weighted by Gasteiger charge is -2.38. The fourth-order valence-corrected chi connectivity index (χ4v) is 5.03. The Balaban J connectivity index is 1.58. The third kappa shape index (κ3) is 6.74. The summed E-state index contributed by atoms with van der Waals surface area (Å²) < 4.78 is 17.7. The summed E-state index contributed by atoms with van der Waals surface area (Å²) in [5.74, 6) is 1.40. The lowest BCUT2D eigenvalue weighted by Crippen LogP contribution is -2.48. The first-order valence-corrected chi connectivity index (χ1v) is 13.0. The fourth-order valence-electron chi connectivity index (χ4n) is 5.03. The van der Waals surface area contributed by atoms with Crippen molar-refractivity contribution in [3.63, 3.8) is 0 Å². The van der Waals surface area contributed by atoms with Gasteiger partial charge in [-0.25, -0.2) is 0 Å². The number of fused-ring (bicyclic) bond motifs is 1. The molecule has 4 rings (SSSR count). The van der Waals surface area contributed by atoms with Gasteiger partial charge in [-0.1, -0.05) is 6.92 Å². The van der Waals surface area contributed by atoms with Gasteiger partial charge >= 0.3 is 0 Å². The van der Waals surface area contributed by atoms with Crippen LogP contribution in [-0.4, -0.2) is 87.4 Å². The number of rotatable bonds is 5. The molecule has 0 radical (unpaired) electrons. The number of amides is 2. The maximum atomic E-state index is 13.4. The average molecular weight is 488 g/mol. The van der Waals surface area contributed by atoms with Gasteiger partial charge in [0, 0.05) is 70.7 Å². The molecule has 3 atom stereocenters. The molecule has 2 fully saturated rings. The van der Waals surface area contributed by atoms with Crippen LogP contribution in [0.4, 0.5) is 5.69 Å². The number of carbonyl (C=O) groups is 2. The van der Waals surface area contributed by atoms with E-state index in [9.17, 15) is 9.59 Å². The van der Waals surface area contributed by atoms with Crippen LogP contribution in [0.3, 0.4) is 0 Å². The van der Waals surface area contributed by atoms with Gasteiger partial charge in [0.2, 0.25) is 5.91 Å². The summed E-state index contributed by atoms with van der Waals surface area (Å²) in [6, 6.07) is 5.50. The number of ether oxygens (including phenoxy) is 3. The maximum absolute atomic E-state index is 13.4. The zero-order chi connectivity index (χ0) is 24.9. The highest BCUT2D eigenvalue weighted by Gasteiger charge is 2.31. The zero-order valence-corrected chi connectivity index (χ0v) is 21.6. The molecular weight excluding hydrogens is 446 g/mol. The molecule has 2 amide bonds. The highest BCUT2D eigenvalue weighted by atomic mass is 16.5. The molecular formula is C27H41N3O5. The van der Waals surface area contributed by atoms with E-state index in [0.717, 1.165) is 52.0 Å². The van der Waals surface area contributed by atoms with Crippen LogP contribution in [0.2, 0.25) is 0 Å². The predicted molar refractivity (Wildman–Crippen MR) is 135 cm³/mol. The van der Waals surface area contributed by atoms with Crippen LogP contribution < -0.4 is 10.1 Å². The molecule has 0 spiro atoms. The molecule has 1 aromatic rings. The van der Waals surface area contributed by atoms with E-state index in [1.165, 1.54) is 0 Å². The van der Waals surface area contributed by atoms with Crippen molar-refractivity contribution in [2.45, 2.75) is 51.7 Å². The van der Waals surface area contributed by atoms with Crippen LogP contribution >= 0.6 is 0 Å². The van der Waals surface area contributed by atoms with Crippen LogP contribution in [0, 0.1) is 17.8 Å². The molecule has 1 aromatic carbocycles. The summed E-state index contributed by atoms with van der Waals surface area (Å²) in [7, 11) is 3.53. The largest absolute Gasteiger partial charge is 0.491 e. The number of hydrogen-bond acceptors (Lipinski definition) is 6. The van der Waals surface area contributed by atoms with E-state index in [4.69, 9.17) is 14.2 Å². The Hall–Kier alpha value is -2.16. The topological polar surface area (TPSA) is 80.3 Å². The highest BCUT2D eigenvalue weighted by molar-refractivity contribution is 5.99. The minimum Gasteiger partial charge on any atom is -0.491 e. The summed E-state index contributed by atoms with van der Waals surface area (Å²) in [6.45, 7) is 8.86. The third-order valence-electron chi connectivity index (χ3n) is 7.63. The van der Waals surface area contributed by atoms with Crippen molar-refractivity contribution in [1.29, 1.82) is 0 Å². The van der Waals surface area contributed by atoms with Gasteiger partial charge in [-0.2, -0.15) is 0 Å². The van der Waals surface area contributed by atoms with E-state index < -0.39 is 0 Å². The molecule has 3 aliphatic rings. The number of benzene rings is 1. The van der Waals surface area contributed by atoms with Gasteiger partial charge in [0.25, 0.3) is 5.91 Å². The molecule has 194 valence electrons. The predicted octanol–water partition coefficient (Wildman–Crippen LogP) is 3.27.